The zero-order valence-corrected chi connectivity index (χ0v) is 11.4. The molecule has 102 valence electrons. The van der Waals surface area contributed by atoms with Gasteiger partial charge in [0.15, 0.2) is 0 Å². The van der Waals surface area contributed by atoms with Crippen molar-refractivity contribution in [3.05, 3.63) is 11.9 Å². The summed E-state index contributed by atoms with van der Waals surface area (Å²) >= 11 is 0. The Hall–Kier alpha value is -1.56. The van der Waals surface area contributed by atoms with Gasteiger partial charge in [0.05, 0.1) is 11.9 Å². The fraction of sp³-hybridized carbons (Fsp3) is 0.667. The molecule has 0 spiro atoms. The van der Waals surface area contributed by atoms with E-state index in [1.165, 1.54) is 10.9 Å². The van der Waals surface area contributed by atoms with Gasteiger partial charge in [-0.2, -0.15) is 5.10 Å². The second-order valence-corrected chi connectivity index (χ2v) is 5.48. The molecule has 1 amide bonds. The van der Waals surface area contributed by atoms with Crippen molar-refractivity contribution in [2.45, 2.75) is 33.2 Å². The third-order valence-corrected chi connectivity index (χ3v) is 2.95. The van der Waals surface area contributed by atoms with Crippen LogP contribution >= 0.6 is 0 Å². The Bertz CT molecular complexity index is 401. The molecular weight excluding hydrogens is 232 g/mol. The van der Waals surface area contributed by atoms with Crippen LogP contribution in [0.4, 0.5) is 5.69 Å². The SMILES string of the molecule is Cn1ncc(N)c1C(=O)NC(CCO)C(C)(C)C. The van der Waals surface area contributed by atoms with Crippen LogP contribution in [-0.4, -0.2) is 33.4 Å². The molecule has 1 aromatic rings. The largest absolute Gasteiger partial charge is 0.396 e. The number of nitrogen functional groups attached to an aromatic ring is 1. The number of hydrogen-bond acceptors (Lipinski definition) is 4. The Morgan fingerprint density at radius 1 is 1.61 bits per heavy atom. The van der Waals surface area contributed by atoms with Gasteiger partial charge in [0.25, 0.3) is 5.91 Å². The van der Waals surface area contributed by atoms with E-state index in [0.29, 0.717) is 17.8 Å². The van der Waals surface area contributed by atoms with Gasteiger partial charge in [0, 0.05) is 19.7 Å². The normalized spacial score (nSPS) is 13.4. The number of hydrogen-bond donors (Lipinski definition) is 3. The number of aliphatic hydroxyl groups is 1. The van der Waals surface area contributed by atoms with Crippen molar-refractivity contribution in [2.75, 3.05) is 12.3 Å². The van der Waals surface area contributed by atoms with Gasteiger partial charge in [0.1, 0.15) is 5.69 Å². The number of anilines is 1. The van der Waals surface area contributed by atoms with Crippen LogP contribution < -0.4 is 11.1 Å². The first-order valence-electron chi connectivity index (χ1n) is 5.96. The number of aliphatic hydroxyl groups excluding tert-OH is 1. The molecular formula is C12H22N4O2. The van der Waals surface area contributed by atoms with Crippen molar-refractivity contribution >= 4 is 11.6 Å². The number of nitrogens with two attached hydrogens (primary N) is 1. The highest BCUT2D eigenvalue weighted by Gasteiger charge is 2.27. The third-order valence-electron chi connectivity index (χ3n) is 2.95. The molecule has 0 saturated heterocycles. The molecule has 1 atom stereocenters. The van der Waals surface area contributed by atoms with E-state index in [1.807, 2.05) is 20.8 Å². The van der Waals surface area contributed by atoms with Crippen LogP contribution in [0, 0.1) is 5.41 Å². The van der Waals surface area contributed by atoms with Crippen molar-refractivity contribution < 1.29 is 9.90 Å². The quantitative estimate of drug-likeness (QED) is 0.730. The number of rotatable bonds is 4. The fourth-order valence-corrected chi connectivity index (χ4v) is 1.81. The van der Waals surface area contributed by atoms with Gasteiger partial charge in [-0.3, -0.25) is 9.48 Å². The lowest BCUT2D eigenvalue weighted by molar-refractivity contribution is 0.0876. The molecule has 0 bridgehead atoms. The van der Waals surface area contributed by atoms with Crippen LogP contribution in [0.3, 0.4) is 0 Å². The minimum absolute atomic E-state index is 0.0308. The van der Waals surface area contributed by atoms with E-state index in [9.17, 15) is 4.79 Å². The van der Waals surface area contributed by atoms with Gasteiger partial charge < -0.3 is 16.2 Å². The van der Waals surface area contributed by atoms with Gasteiger partial charge in [0.2, 0.25) is 0 Å². The van der Waals surface area contributed by atoms with Gasteiger partial charge in [-0.05, 0) is 11.8 Å². The van der Waals surface area contributed by atoms with E-state index in [-0.39, 0.29) is 24.0 Å². The minimum Gasteiger partial charge on any atom is -0.396 e. The molecule has 18 heavy (non-hydrogen) atoms. The Morgan fingerprint density at radius 3 is 2.61 bits per heavy atom. The van der Waals surface area contributed by atoms with Gasteiger partial charge >= 0.3 is 0 Å². The summed E-state index contributed by atoms with van der Waals surface area (Å²) in [6, 6.07) is -0.121. The molecule has 0 aliphatic carbocycles. The van der Waals surface area contributed by atoms with E-state index >= 15 is 0 Å². The Labute approximate surface area is 107 Å². The monoisotopic (exact) mass is 254 g/mol. The first-order chi connectivity index (χ1) is 8.27. The molecule has 0 aromatic carbocycles. The first-order valence-corrected chi connectivity index (χ1v) is 5.96. The molecule has 1 aromatic heterocycles. The standard InChI is InChI=1S/C12H22N4O2/c1-12(2,3)9(5-6-17)15-11(18)10-8(13)7-14-16(10)4/h7,9,17H,5-6,13H2,1-4H3,(H,15,18). The van der Waals surface area contributed by atoms with E-state index in [4.69, 9.17) is 10.8 Å². The summed E-state index contributed by atoms with van der Waals surface area (Å²) in [6.45, 7) is 6.07. The molecule has 1 unspecified atom stereocenters. The summed E-state index contributed by atoms with van der Waals surface area (Å²) in [7, 11) is 1.67. The molecule has 0 radical (unpaired) electrons. The fourth-order valence-electron chi connectivity index (χ4n) is 1.81. The number of nitrogens with zero attached hydrogens (tertiary/aromatic N) is 2. The molecule has 0 aliphatic rings. The van der Waals surface area contributed by atoms with Crippen molar-refractivity contribution in [3.8, 4) is 0 Å². The highest BCUT2D eigenvalue weighted by molar-refractivity contribution is 5.97. The lowest BCUT2D eigenvalue weighted by Gasteiger charge is -2.31. The van der Waals surface area contributed by atoms with E-state index < -0.39 is 0 Å². The number of aryl methyl sites for hydroxylation is 1. The summed E-state index contributed by atoms with van der Waals surface area (Å²) < 4.78 is 1.45. The smallest absolute Gasteiger partial charge is 0.271 e. The van der Waals surface area contributed by atoms with Crippen LogP contribution in [-0.2, 0) is 7.05 Å². The Morgan fingerprint density at radius 2 is 2.22 bits per heavy atom. The van der Waals surface area contributed by atoms with Crippen molar-refractivity contribution in [1.29, 1.82) is 0 Å². The summed E-state index contributed by atoms with van der Waals surface area (Å²) in [6.07, 6.45) is 1.96. The second kappa shape index (κ2) is 5.39. The highest BCUT2D eigenvalue weighted by Crippen LogP contribution is 2.22. The molecule has 6 heteroatoms. The zero-order chi connectivity index (χ0) is 13.9. The Kier molecular flexibility index (Phi) is 4.34. The second-order valence-electron chi connectivity index (χ2n) is 5.48. The number of amides is 1. The van der Waals surface area contributed by atoms with Crippen LogP contribution in [0.2, 0.25) is 0 Å². The van der Waals surface area contributed by atoms with Gasteiger partial charge in [-0.1, -0.05) is 20.8 Å². The predicted molar refractivity (Wildman–Crippen MR) is 70.0 cm³/mol. The van der Waals surface area contributed by atoms with E-state index in [1.54, 1.807) is 7.05 Å². The van der Waals surface area contributed by atoms with Crippen molar-refractivity contribution in [2.24, 2.45) is 12.5 Å². The Balaban J connectivity index is 2.86. The highest BCUT2D eigenvalue weighted by atomic mass is 16.3. The third kappa shape index (κ3) is 3.22. The topological polar surface area (TPSA) is 93.2 Å². The first kappa shape index (κ1) is 14.5. The maximum atomic E-state index is 12.1. The zero-order valence-electron chi connectivity index (χ0n) is 11.4. The number of carbonyl (C=O) groups is 1. The average molecular weight is 254 g/mol. The molecule has 0 aliphatic heterocycles. The summed E-state index contributed by atoms with van der Waals surface area (Å²) in [4.78, 5) is 12.1. The van der Waals surface area contributed by atoms with Crippen molar-refractivity contribution in [3.63, 3.8) is 0 Å². The van der Waals surface area contributed by atoms with Crippen LogP contribution in [0.1, 0.15) is 37.7 Å². The van der Waals surface area contributed by atoms with Crippen molar-refractivity contribution in [1.82, 2.24) is 15.1 Å². The lowest BCUT2D eigenvalue weighted by atomic mass is 9.85. The summed E-state index contributed by atoms with van der Waals surface area (Å²) in [5, 5.41) is 15.9. The molecule has 1 heterocycles. The molecule has 0 saturated carbocycles. The number of nitrogens with one attached hydrogen (secondary N) is 1. The minimum atomic E-state index is -0.263. The van der Waals surface area contributed by atoms with E-state index in [2.05, 4.69) is 10.4 Å². The predicted octanol–water partition coefficient (Wildman–Crippen LogP) is 0.529. The molecule has 1 rings (SSSR count). The molecule has 6 nitrogen and oxygen atoms in total. The van der Waals surface area contributed by atoms with E-state index in [0.717, 1.165) is 0 Å². The maximum absolute atomic E-state index is 12.1. The number of aromatic nitrogens is 2. The number of carbonyl (C=O) groups excluding carboxylic acids is 1. The van der Waals surface area contributed by atoms with Crippen LogP contribution in [0.5, 0.6) is 0 Å². The molecule has 4 N–H and O–H groups in total. The molecule has 0 fully saturated rings. The lowest BCUT2D eigenvalue weighted by Crippen LogP contribution is -2.45. The van der Waals surface area contributed by atoms with Gasteiger partial charge in [-0.15, -0.1) is 0 Å². The van der Waals surface area contributed by atoms with Crippen LogP contribution in [0.25, 0.3) is 0 Å². The summed E-state index contributed by atoms with van der Waals surface area (Å²) in [5.74, 6) is -0.263. The van der Waals surface area contributed by atoms with Gasteiger partial charge in [-0.25, -0.2) is 0 Å². The summed E-state index contributed by atoms with van der Waals surface area (Å²) in [5.41, 5.74) is 6.28. The van der Waals surface area contributed by atoms with Crippen LogP contribution in [0.15, 0.2) is 6.20 Å². The average Bonchev–Trinajstić information content (AvgIpc) is 2.56. The maximum Gasteiger partial charge on any atom is 0.271 e.